The second-order valence-electron chi connectivity index (χ2n) is 9.32. The van der Waals surface area contributed by atoms with E-state index in [-0.39, 0.29) is 12.6 Å². The Bertz CT molecular complexity index is 1090. The quantitative estimate of drug-likeness (QED) is 0.397. The van der Waals surface area contributed by atoms with Gasteiger partial charge in [0, 0.05) is 31.4 Å². The van der Waals surface area contributed by atoms with E-state index >= 15 is 0 Å². The molecule has 3 heterocycles. The van der Waals surface area contributed by atoms with Crippen molar-refractivity contribution in [2.24, 2.45) is 5.92 Å². The minimum Gasteiger partial charge on any atom is -0.496 e. The molecule has 1 saturated heterocycles. The van der Waals surface area contributed by atoms with Crippen LogP contribution in [-0.2, 0) is 17.8 Å². The molecule has 9 nitrogen and oxygen atoms in total. The number of aliphatic hydroxyl groups is 1. The molecule has 181 valence electrons. The molecule has 3 N–H and O–H groups in total. The monoisotopic (exact) mass is 465 g/mol. The van der Waals surface area contributed by atoms with Crippen LogP contribution in [0.25, 0.3) is 11.0 Å². The number of ether oxygens (including phenoxy) is 2. The highest BCUT2D eigenvalue weighted by molar-refractivity contribution is 5.85. The average Bonchev–Trinajstić information content (AvgIpc) is 3.61. The number of anilines is 1. The van der Waals surface area contributed by atoms with Crippen molar-refractivity contribution in [2.75, 3.05) is 32.2 Å². The molecule has 1 saturated carbocycles. The highest BCUT2D eigenvalue weighted by Crippen LogP contribution is 2.34. The molecule has 9 heteroatoms. The second-order valence-corrected chi connectivity index (χ2v) is 9.32. The first-order valence-electron chi connectivity index (χ1n) is 12.2. The summed E-state index contributed by atoms with van der Waals surface area (Å²) in [6.07, 6.45) is 9.96. The lowest BCUT2D eigenvalue weighted by Gasteiger charge is -2.23. The van der Waals surface area contributed by atoms with Crippen molar-refractivity contribution in [2.45, 2.75) is 57.3 Å². The van der Waals surface area contributed by atoms with E-state index in [2.05, 4.69) is 50.2 Å². The Morgan fingerprint density at radius 3 is 2.85 bits per heavy atom. The van der Waals surface area contributed by atoms with E-state index in [1.54, 1.807) is 13.3 Å². The summed E-state index contributed by atoms with van der Waals surface area (Å²) in [7, 11) is 1.70. The van der Waals surface area contributed by atoms with E-state index in [1.807, 2.05) is 4.68 Å². The zero-order chi connectivity index (χ0) is 23.3. The number of nitrogens with one attached hydrogen (secondary N) is 2. The van der Waals surface area contributed by atoms with E-state index in [1.165, 1.54) is 18.4 Å². The third-order valence-electron chi connectivity index (χ3n) is 6.74. The molecule has 1 aliphatic heterocycles. The molecule has 0 spiro atoms. The Hall–Kier alpha value is -2.75. The van der Waals surface area contributed by atoms with Crippen LogP contribution >= 0.6 is 0 Å². The van der Waals surface area contributed by atoms with Gasteiger partial charge in [-0.1, -0.05) is 25.0 Å². The summed E-state index contributed by atoms with van der Waals surface area (Å²) in [6.45, 7) is 3.04. The standard InChI is InChI=1S/C25H33N6O3/c1-33-23-11-18(12-26-20-6-8-34-9-7-20)4-5-19(23)14-31-24-22(13-29-31)27-16-28-25(24)30-21(15-32)10-17-2-3-17/h4-5,11,13,17,20-21,26,32H,2-3,6-10,12,14-15H2,1H3,(H,27,28,30)/t21-/m0/s1. The molecule has 0 bridgehead atoms. The number of hydrogen-bond acceptors (Lipinski definition) is 8. The van der Waals surface area contributed by atoms with Crippen LogP contribution in [0, 0.1) is 12.2 Å². The molecule has 1 aromatic carbocycles. The summed E-state index contributed by atoms with van der Waals surface area (Å²) in [5, 5.41) is 21.4. The fourth-order valence-electron chi connectivity index (χ4n) is 4.59. The van der Waals surface area contributed by atoms with E-state index in [0.29, 0.717) is 24.3 Å². The van der Waals surface area contributed by atoms with E-state index in [4.69, 9.17) is 9.47 Å². The fourth-order valence-corrected chi connectivity index (χ4v) is 4.59. The SMILES string of the molecule is COc1cc(CNC2CCOCC2)ccc1Cn1ncc2n[c]nc(N[C@H](CO)CC3CC3)c21. The Morgan fingerprint density at radius 2 is 2.09 bits per heavy atom. The van der Waals surface area contributed by atoms with Gasteiger partial charge in [0.05, 0.1) is 32.5 Å². The van der Waals surface area contributed by atoms with Crippen molar-refractivity contribution < 1.29 is 14.6 Å². The Kier molecular flexibility index (Phi) is 7.22. The number of fused-ring (bicyclic) bond motifs is 1. The molecule has 1 aliphatic carbocycles. The predicted molar refractivity (Wildman–Crippen MR) is 129 cm³/mol. The van der Waals surface area contributed by atoms with Crippen LogP contribution in [0.15, 0.2) is 24.4 Å². The second kappa shape index (κ2) is 10.7. The summed E-state index contributed by atoms with van der Waals surface area (Å²) in [4.78, 5) is 8.62. The molecule has 5 rings (SSSR count). The van der Waals surface area contributed by atoms with Gasteiger partial charge in [0.2, 0.25) is 6.33 Å². The van der Waals surface area contributed by atoms with Gasteiger partial charge in [-0.05, 0) is 36.8 Å². The van der Waals surface area contributed by atoms with Crippen LogP contribution in [0.1, 0.15) is 43.2 Å². The highest BCUT2D eigenvalue weighted by Gasteiger charge is 2.26. The van der Waals surface area contributed by atoms with Crippen LogP contribution in [-0.4, -0.2) is 63.9 Å². The van der Waals surface area contributed by atoms with Crippen molar-refractivity contribution in [1.29, 1.82) is 0 Å². The van der Waals surface area contributed by atoms with Crippen LogP contribution in [0.5, 0.6) is 5.75 Å². The van der Waals surface area contributed by atoms with Gasteiger partial charge in [0.15, 0.2) is 5.82 Å². The lowest BCUT2D eigenvalue weighted by atomic mass is 10.1. The molecular weight excluding hydrogens is 432 g/mol. The number of aromatic nitrogens is 4. The Morgan fingerprint density at radius 1 is 1.24 bits per heavy atom. The van der Waals surface area contributed by atoms with E-state index in [0.717, 1.165) is 61.4 Å². The Balaban J connectivity index is 1.32. The van der Waals surface area contributed by atoms with Gasteiger partial charge < -0.3 is 25.2 Å². The molecule has 2 aliphatic rings. The van der Waals surface area contributed by atoms with Crippen LogP contribution in [0.4, 0.5) is 5.82 Å². The normalized spacial score (nSPS) is 17.7. The summed E-state index contributed by atoms with van der Waals surface area (Å²) in [5.74, 6) is 2.17. The molecule has 34 heavy (non-hydrogen) atoms. The molecule has 1 radical (unpaired) electrons. The van der Waals surface area contributed by atoms with Gasteiger partial charge in [-0.15, -0.1) is 0 Å². The molecule has 3 aromatic rings. The van der Waals surface area contributed by atoms with Crippen LogP contribution in [0.2, 0.25) is 0 Å². The van der Waals surface area contributed by atoms with Gasteiger partial charge in [-0.2, -0.15) is 5.10 Å². The molecule has 1 atom stereocenters. The summed E-state index contributed by atoms with van der Waals surface area (Å²) < 4.78 is 13.1. The smallest absolute Gasteiger partial charge is 0.200 e. The highest BCUT2D eigenvalue weighted by atomic mass is 16.5. The maximum absolute atomic E-state index is 9.85. The van der Waals surface area contributed by atoms with Crippen molar-refractivity contribution in [3.05, 3.63) is 41.9 Å². The largest absolute Gasteiger partial charge is 0.496 e. The average molecular weight is 466 g/mol. The lowest BCUT2D eigenvalue weighted by molar-refractivity contribution is 0.0776. The number of hydrogen-bond donors (Lipinski definition) is 3. The number of rotatable bonds is 11. The van der Waals surface area contributed by atoms with Gasteiger partial charge >= 0.3 is 0 Å². The summed E-state index contributed by atoms with van der Waals surface area (Å²) in [5.41, 5.74) is 3.73. The van der Waals surface area contributed by atoms with Crippen LogP contribution < -0.4 is 15.4 Å². The zero-order valence-corrected chi connectivity index (χ0v) is 19.7. The summed E-state index contributed by atoms with van der Waals surface area (Å²) in [6, 6.07) is 6.78. The lowest BCUT2D eigenvalue weighted by Crippen LogP contribution is -2.34. The summed E-state index contributed by atoms with van der Waals surface area (Å²) >= 11 is 0. The predicted octanol–water partition coefficient (Wildman–Crippen LogP) is 2.52. The number of nitrogens with zero attached hydrogens (tertiary/aromatic N) is 4. The van der Waals surface area contributed by atoms with Gasteiger partial charge in [0.25, 0.3) is 0 Å². The number of benzene rings is 1. The third kappa shape index (κ3) is 5.48. The van der Waals surface area contributed by atoms with Crippen LogP contribution in [0.3, 0.4) is 0 Å². The van der Waals surface area contributed by atoms with Crippen molar-refractivity contribution in [3.63, 3.8) is 0 Å². The molecule has 0 unspecified atom stereocenters. The van der Waals surface area contributed by atoms with Gasteiger partial charge in [-0.25, -0.2) is 9.97 Å². The third-order valence-corrected chi connectivity index (χ3v) is 6.74. The molecular formula is C25H33N6O3. The minimum absolute atomic E-state index is 0.0422. The molecule has 0 amide bonds. The van der Waals surface area contributed by atoms with Crippen molar-refractivity contribution in [1.82, 2.24) is 25.1 Å². The first-order chi connectivity index (χ1) is 16.7. The topological polar surface area (TPSA) is 106 Å². The molecule has 2 aromatic heterocycles. The number of aliphatic hydroxyl groups excluding tert-OH is 1. The van der Waals surface area contributed by atoms with Crippen molar-refractivity contribution in [3.8, 4) is 5.75 Å². The first-order valence-corrected chi connectivity index (χ1v) is 12.2. The maximum Gasteiger partial charge on any atom is 0.200 e. The fraction of sp³-hybridized carbons (Fsp3) is 0.560. The maximum atomic E-state index is 9.85. The van der Waals surface area contributed by atoms with Gasteiger partial charge in [-0.3, -0.25) is 4.68 Å². The Labute approximate surface area is 199 Å². The van der Waals surface area contributed by atoms with Crippen molar-refractivity contribution >= 4 is 16.9 Å². The van der Waals surface area contributed by atoms with Gasteiger partial charge in [0.1, 0.15) is 16.8 Å². The zero-order valence-electron chi connectivity index (χ0n) is 19.7. The molecule has 2 fully saturated rings. The van der Waals surface area contributed by atoms with E-state index in [9.17, 15) is 5.11 Å². The van der Waals surface area contributed by atoms with E-state index < -0.39 is 0 Å². The first kappa shape index (κ1) is 23.0. The minimum atomic E-state index is -0.0422. The number of methoxy groups -OCH3 is 1.